The van der Waals surface area contributed by atoms with E-state index in [2.05, 4.69) is 41.5 Å². The fourth-order valence-corrected chi connectivity index (χ4v) is 8.65. The van der Waals surface area contributed by atoms with Crippen molar-refractivity contribution in [3.63, 3.8) is 0 Å². The maximum Gasteiger partial charge on any atom is 0.306 e. The number of carbonyl (C=O) groups is 3. The van der Waals surface area contributed by atoms with Gasteiger partial charge in [-0.25, -0.2) is 0 Å². The van der Waals surface area contributed by atoms with Gasteiger partial charge in [-0.3, -0.25) is 14.4 Å². The first-order valence-corrected chi connectivity index (χ1v) is 28.1. The van der Waals surface area contributed by atoms with Crippen LogP contribution in [0.2, 0.25) is 0 Å². The Hall–Kier alpha value is -1.59. The molecule has 0 aromatic rings. The van der Waals surface area contributed by atoms with Gasteiger partial charge in [-0.05, 0) is 37.0 Å². The van der Waals surface area contributed by atoms with Crippen LogP contribution in [0.25, 0.3) is 0 Å². The summed E-state index contributed by atoms with van der Waals surface area (Å²) in [5, 5.41) is 0. The average Bonchev–Trinajstić information content (AvgIpc) is 3.24. The first kappa shape index (κ1) is 61.4. The minimum Gasteiger partial charge on any atom is -0.462 e. The van der Waals surface area contributed by atoms with Gasteiger partial charge in [0.05, 0.1) is 0 Å². The zero-order chi connectivity index (χ0) is 46.3. The van der Waals surface area contributed by atoms with Crippen molar-refractivity contribution in [2.45, 2.75) is 317 Å². The number of ether oxygens (including phenoxy) is 3. The van der Waals surface area contributed by atoms with Crippen molar-refractivity contribution in [2.24, 2.45) is 17.8 Å². The molecule has 63 heavy (non-hydrogen) atoms. The summed E-state index contributed by atoms with van der Waals surface area (Å²) >= 11 is 0. The molecule has 0 heterocycles. The van der Waals surface area contributed by atoms with E-state index in [4.69, 9.17) is 14.2 Å². The number of rotatable bonds is 50. The summed E-state index contributed by atoms with van der Waals surface area (Å²) in [6, 6.07) is 0. The monoisotopic (exact) mass is 891 g/mol. The van der Waals surface area contributed by atoms with Gasteiger partial charge in [-0.1, -0.05) is 273 Å². The van der Waals surface area contributed by atoms with E-state index in [1.54, 1.807) is 0 Å². The number of esters is 3. The van der Waals surface area contributed by atoms with Gasteiger partial charge in [-0.2, -0.15) is 0 Å². The van der Waals surface area contributed by atoms with Crippen molar-refractivity contribution >= 4 is 17.9 Å². The molecule has 0 aliphatic heterocycles. The number of carbonyl (C=O) groups excluding carboxylic acids is 3. The molecule has 0 bridgehead atoms. The van der Waals surface area contributed by atoms with E-state index >= 15 is 0 Å². The highest BCUT2D eigenvalue weighted by molar-refractivity contribution is 5.71. The predicted octanol–water partition coefficient (Wildman–Crippen LogP) is 18.3. The predicted molar refractivity (Wildman–Crippen MR) is 270 cm³/mol. The smallest absolute Gasteiger partial charge is 0.306 e. The second kappa shape index (κ2) is 48.3. The first-order valence-electron chi connectivity index (χ1n) is 28.1. The Labute approximate surface area is 393 Å². The summed E-state index contributed by atoms with van der Waals surface area (Å²) in [6.45, 7) is 13.7. The summed E-state index contributed by atoms with van der Waals surface area (Å²) < 4.78 is 16.8. The Morgan fingerprint density at radius 2 is 0.460 bits per heavy atom. The summed E-state index contributed by atoms with van der Waals surface area (Å²) in [6.07, 6.45) is 49.6. The van der Waals surface area contributed by atoms with Crippen LogP contribution in [-0.4, -0.2) is 37.2 Å². The highest BCUT2D eigenvalue weighted by Crippen LogP contribution is 2.18. The molecule has 0 saturated heterocycles. The van der Waals surface area contributed by atoms with Crippen LogP contribution in [0.5, 0.6) is 0 Å². The highest BCUT2D eigenvalue weighted by atomic mass is 16.6. The molecule has 0 saturated carbocycles. The third kappa shape index (κ3) is 51.3. The van der Waals surface area contributed by atoms with E-state index in [-0.39, 0.29) is 31.1 Å². The molecule has 0 rings (SSSR count). The molecule has 0 aromatic carbocycles. The van der Waals surface area contributed by atoms with Crippen molar-refractivity contribution in [3.8, 4) is 0 Å². The lowest BCUT2D eigenvalue weighted by Gasteiger charge is -2.18. The molecule has 0 radical (unpaired) electrons. The Balaban J connectivity index is 4.24. The molecule has 1 atom stereocenters. The SMILES string of the molecule is CC(C)CCCCCCCCCCCCCCCCCCC(=O)OC[C@@H](COC(=O)CCCCCCCCCC(C)C)OC(=O)CCCCCCCCCCCCCCCC(C)C. The molecule has 0 fully saturated rings. The van der Waals surface area contributed by atoms with Crippen LogP contribution >= 0.6 is 0 Å². The van der Waals surface area contributed by atoms with E-state index in [1.807, 2.05) is 0 Å². The third-order valence-electron chi connectivity index (χ3n) is 12.9. The number of hydrogen-bond donors (Lipinski definition) is 0. The van der Waals surface area contributed by atoms with Crippen molar-refractivity contribution in [3.05, 3.63) is 0 Å². The van der Waals surface area contributed by atoms with Gasteiger partial charge >= 0.3 is 17.9 Å². The molecule has 6 nitrogen and oxygen atoms in total. The first-order chi connectivity index (χ1) is 30.6. The van der Waals surface area contributed by atoms with Gasteiger partial charge in [0.2, 0.25) is 0 Å². The summed E-state index contributed by atoms with van der Waals surface area (Å²) in [7, 11) is 0. The molecule has 0 amide bonds. The van der Waals surface area contributed by atoms with Gasteiger partial charge in [0, 0.05) is 19.3 Å². The summed E-state index contributed by atoms with van der Waals surface area (Å²) in [5.74, 6) is 1.62. The zero-order valence-electron chi connectivity index (χ0n) is 43.4. The van der Waals surface area contributed by atoms with E-state index in [0.717, 1.165) is 75.5 Å². The number of unbranched alkanes of at least 4 members (excludes halogenated alkanes) is 33. The lowest BCUT2D eigenvalue weighted by Crippen LogP contribution is -2.30. The molecule has 0 aliphatic rings. The summed E-state index contributed by atoms with van der Waals surface area (Å²) in [4.78, 5) is 38.0. The van der Waals surface area contributed by atoms with E-state index < -0.39 is 6.10 Å². The van der Waals surface area contributed by atoms with E-state index in [9.17, 15) is 14.4 Å². The Kier molecular flexibility index (Phi) is 47.1. The van der Waals surface area contributed by atoms with Crippen LogP contribution in [0.1, 0.15) is 311 Å². The highest BCUT2D eigenvalue weighted by Gasteiger charge is 2.19. The minimum atomic E-state index is -0.763. The van der Waals surface area contributed by atoms with E-state index in [1.165, 1.54) is 193 Å². The fraction of sp³-hybridized carbons (Fsp3) is 0.947. The van der Waals surface area contributed by atoms with Crippen molar-refractivity contribution in [2.75, 3.05) is 13.2 Å². The maximum atomic E-state index is 12.8. The number of hydrogen-bond acceptors (Lipinski definition) is 6. The minimum absolute atomic E-state index is 0.0642. The molecule has 0 N–H and O–H groups in total. The Bertz CT molecular complexity index is 976. The van der Waals surface area contributed by atoms with Crippen LogP contribution in [0, 0.1) is 17.8 Å². The molecule has 0 aromatic heterocycles. The largest absolute Gasteiger partial charge is 0.462 e. The molecule has 0 spiro atoms. The average molecular weight is 892 g/mol. The fourth-order valence-electron chi connectivity index (χ4n) is 8.65. The molecule has 6 heteroatoms. The summed E-state index contributed by atoms with van der Waals surface area (Å²) in [5.41, 5.74) is 0. The maximum absolute atomic E-state index is 12.8. The quantitative estimate of drug-likeness (QED) is 0.0344. The Morgan fingerprint density at radius 1 is 0.270 bits per heavy atom. The molecular weight excluding hydrogens is 781 g/mol. The Morgan fingerprint density at radius 3 is 0.683 bits per heavy atom. The normalized spacial score (nSPS) is 12.1. The standard InChI is InChI=1S/C57H110O6/c1-51(2)43-37-31-25-20-16-12-9-7-8-10-14-18-22-28-34-40-46-55(58)61-49-54(50-62-56(59)47-41-35-30-24-27-33-39-45-53(5)6)63-57(60)48-42-36-29-23-19-15-11-13-17-21-26-32-38-44-52(3)4/h51-54H,7-50H2,1-6H3/t54-/m0/s1. The van der Waals surface area contributed by atoms with Crippen LogP contribution < -0.4 is 0 Å². The van der Waals surface area contributed by atoms with Gasteiger partial charge < -0.3 is 14.2 Å². The zero-order valence-corrected chi connectivity index (χ0v) is 43.4. The molecule has 0 unspecified atom stereocenters. The van der Waals surface area contributed by atoms with Crippen molar-refractivity contribution in [1.82, 2.24) is 0 Å². The second-order valence-electron chi connectivity index (χ2n) is 21.0. The van der Waals surface area contributed by atoms with Crippen molar-refractivity contribution < 1.29 is 28.6 Å². The molecule has 0 aliphatic carbocycles. The van der Waals surface area contributed by atoms with E-state index in [0.29, 0.717) is 19.3 Å². The molecule has 374 valence electrons. The third-order valence-corrected chi connectivity index (χ3v) is 12.9. The van der Waals surface area contributed by atoms with Gasteiger partial charge in [-0.15, -0.1) is 0 Å². The van der Waals surface area contributed by atoms with Crippen LogP contribution in [0.15, 0.2) is 0 Å². The van der Waals surface area contributed by atoms with Crippen molar-refractivity contribution in [1.29, 1.82) is 0 Å². The van der Waals surface area contributed by atoms with Gasteiger partial charge in [0.15, 0.2) is 6.10 Å². The van der Waals surface area contributed by atoms with Crippen LogP contribution in [0.3, 0.4) is 0 Å². The van der Waals surface area contributed by atoms with Gasteiger partial charge in [0.25, 0.3) is 0 Å². The topological polar surface area (TPSA) is 78.9 Å². The van der Waals surface area contributed by atoms with Gasteiger partial charge in [0.1, 0.15) is 13.2 Å². The van der Waals surface area contributed by atoms with Crippen LogP contribution in [-0.2, 0) is 28.6 Å². The second-order valence-corrected chi connectivity index (χ2v) is 21.0. The lowest BCUT2D eigenvalue weighted by atomic mass is 10.0. The van der Waals surface area contributed by atoms with Crippen LogP contribution in [0.4, 0.5) is 0 Å². The lowest BCUT2D eigenvalue weighted by molar-refractivity contribution is -0.167. The molecular formula is C57H110O6.